The summed E-state index contributed by atoms with van der Waals surface area (Å²) in [5.41, 5.74) is 5.79. The Labute approximate surface area is 607 Å². The smallest absolute Gasteiger partial charge is 1.00 e. The quantitative estimate of drug-likeness (QED) is 0.0652. The van der Waals surface area contributed by atoms with Crippen molar-refractivity contribution >= 4 is 42.7 Å². The van der Waals surface area contributed by atoms with E-state index < -0.39 is 59.8 Å². The molecule has 0 bridgehead atoms. The van der Waals surface area contributed by atoms with Gasteiger partial charge in [-0.1, -0.05) is 58.9 Å². The van der Waals surface area contributed by atoms with Gasteiger partial charge in [-0.25, -0.2) is 0 Å². The number of rotatable bonds is 14. The number of likely N-dealkylation sites (tertiary alicyclic amines) is 2. The summed E-state index contributed by atoms with van der Waals surface area (Å²) in [6.45, 7) is 33.1. The number of fused-ring (bicyclic) bond motifs is 4. The third kappa shape index (κ3) is 22.8. The van der Waals surface area contributed by atoms with E-state index >= 15 is 0 Å². The Morgan fingerprint density at radius 2 is 1.05 bits per heavy atom. The van der Waals surface area contributed by atoms with Gasteiger partial charge >= 0.3 is 139 Å². The Bertz CT molecular complexity index is 2620. The van der Waals surface area contributed by atoms with Crippen molar-refractivity contribution in [1.29, 1.82) is 0 Å². The van der Waals surface area contributed by atoms with Crippen LogP contribution in [0.25, 0.3) is 0 Å². The van der Waals surface area contributed by atoms with Crippen molar-refractivity contribution in [1.82, 2.24) is 9.80 Å². The minimum atomic E-state index is -0.886. The number of piperidine rings is 2. The molecule has 2 aliphatic carbocycles. The van der Waals surface area contributed by atoms with E-state index in [1.807, 2.05) is 62.3 Å². The van der Waals surface area contributed by atoms with Crippen molar-refractivity contribution in [2.75, 3.05) is 32.8 Å². The van der Waals surface area contributed by atoms with E-state index in [4.69, 9.17) is 67.1 Å². The standard InChI is InChI=1S/C33H51NO6.C29H43NO6.CH2O3.2CO2.2K.H/c1-10-15-34-16-11-12-23-17-24-22(18-25(23)34)14-13-20(2)26(24)38-29-28(40-31(36)33(7,8)9)27(21(3)19-37-29)39-30(35)32(4,5)6;1-7-13-30-14-9-10-22-15-23-21(16-24(22)30)12-11-17(3)26(23)36-29-28(34-20(6)32)27(33-19(5)31)18(4)25(8-2)35-29;2-1-4-3;2*2-1-3;;;/h13-14,21,23,25,27-29H,10-12,15-19H2,1-9H3;11-12,18,22,24-25,27-29H,7-10,13-16H2,1-6H3;1,3H;;;;;/q;;;;;2*+1;-1/p-1/t21-,23-,25-,27+,28-,29+;18-,22-,24-,25-,27+,28-,29+;;;;;;/m11....../s1. The normalized spacial score (nSPS) is 26.9. The van der Waals surface area contributed by atoms with E-state index in [1.165, 1.54) is 87.7 Å². The van der Waals surface area contributed by atoms with Crippen LogP contribution in [0.5, 0.6) is 11.5 Å². The molecule has 0 spiro atoms. The maximum Gasteiger partial charge on any atom is 1.00 e. The number of benzene rings is 2. The molecule has 2 aromatic carbocycles. The largest absolute Gasteiger partial charge is 1.00 e. The van der Waals surface area contributed by atoms with Crippen molar-refractivity contribution in [3.8, 4) is 11.5 Å². The van der Waals surface area contributed by atoms with E-state index in [9.17, 15) is 19.2 Å². The molecule has 88 heavy (non-hydrogen) atoms. The molecule has 0 radical (unpaired) electrons. The molecule has 4 aliphatic heterocycles. The average Bonchev–Trinajstić information content (AvgIpc) is 1.04. The van der Waals surface area contributed by atoms with Gasteiger partial charge in [-0.2, -0.15) is 19.2 Å². The topological polar surface area (TPSA) is 266 Å². The zero-order valence-electron chi connectivity index (χ0n) is 56.4. The summed E-state index contributed by atoms with van der Waals surface area (Å²) in [4.78, 5) is 99.2. The first-order valence-corrected chi connectivity index (χ1v) is 30.5. The molecule has 6 aliphatic rings. The van der Waals surface area contributed by atoms with Gasteiger partial charge in [0.15, 0.2) is 0 Å². The molecule has 13 atom stereocenters. The first kappa shape index (κ1) is 81.3. The van der Waals surface area contributed by atoms with Crippen LogP contribution in [0.4, 0.5) is 0 Å². The van der Waals surface area contributed by atoms with Gasteiger partial charge in [-0.15, -0.1) is 0 Å². The molecule has 8 rings (SSSR count). The van der Waals surface area contributed by atoms with Crippen LogP contribution in [-0.4, -0.2) is 140 Å². The van der Waals surface area contributed by atoms with Crippen molar-refractivity contribution in [3.63, 3.8) is 0 Å². The first-order valence-electron chi connectivity index (χ1n) is 30.5. The minimum Gasteiger partial charge on any atom is -1.00 e. The Morgan fingerprint density at radius 3 is 1.43 bits per heavy atom. The number of nitrogens with zero attached hydrogens (tertiary/aromatic N) is 2. The van der Waals surface area contributed by atoms with Gasteiger partial charge < -0.3 is 49.5 Å². The molecule has 2 aromatic rings. The van der Waals surface area contributed by atoms with Gasteiger partial charge in [-0.05, 0) is 197 Å². The maximum absolute atomic E-state index is 13.1. The second-order valence-corrected chi connectivity index (χ2v) is 25.5. The van der Waals surface area contributed by atoms with Crippen LogP contribution in [-0.2, 0) is 102 Å². The number of carbonyl (C=O) groups is 5. The van der Waals surface area contributed by atoms with E-state index in [0.29, 0.717) is 30.5 Å². The molecular formula is C65H96K2N2O19. The first-order chi connectivity index (χ1) is 40.7. The number of hydrogen-bond acceptors (Lipinski definition) is 21. The molecule has 0 saturated carbocycles. The summed E-state index contributed by atoms with van der Waals surface area (Å²) in [6.07, 6.45) is 7.53. The van der Waals surface area contributed by atoms with E-state index in [2.05, 4.69) is 66.6 Å². The van der Waals surface area contributed by atoms with Gasteiger partial charge in [0.25, 0.3) is 6.47 Å². The molecule has 0 amide bonds. The summed E-state index contributed by atoms with van der Waals surface area (Å²) in [5, 5.41) is 8.43. The van der Waals surface area contributed by atoms with Crippen LogP contribution in [0.15, 0.2) is 24.3 Å². The van der Waals surface area contributed by atoms with E-state index in [0.717, 1.165) is 67.8 Å². The zero-order valence-corrected chi connectivity index (χ0v) is 61.6. The third-order valence-electron chi connectivity index (χ3n) is 16.9. The van der Waals surface area contributed by atoms with Crippen molar-refractivity contribution in [3.05, 3.63) is 57.6 Å². The second kappa shape index (κ2) is 39.0. The van der Waals surface area contributed by atoms with Crippen LogP contribution >= 0.6 is 0 Å². The zero-order chi connectivity index (χ0) is 64.2. The summed E-state index contributed by atoms with van der Waals surface area (Å²) in [6, 6.07) is 9.90. The van der Waals surface area contributed by atoms with Gasteiger partial charge in [0, 0.05) is 37.8 Å². The number of ether oxygens (including phenoxy) is 8. The fourth-order valence-electron chi connectivity index (χ4n) is 12.8. The third-order valence-corrected chi connectivity index (χ3v) is 16.9. The molecule has 482 valence electrons. The Kier molecular flexibility index (Phi) is 36.1. The number of carbonyl (C=O) groups excluding carboxylic acids is 9. The SMILES string of the molecule is CCCN1CCC[C@@H]2Cc3c(ccc(C)c3O[C@@H]3OC[C@@H](C)[C@H](OC(=O)C(C)(C)C)[C@H]3OC(=O)C(C)(C)C)C[C@H]21.CCCN1CCC[C@@H]2Cc3c(ccc(C)c3O[C@@H]3O[C@H](CC)[C@@H](C)[C@H](OC(C)=O)[C@H]3OC(C)=O)C[C@H]21.O=C=O.O=C=O.O=CO[O-].[H-].[K+].[K+]. The average molecular weight is 1290 g/mol. The van der Waals surface area contributed by atoms with E-state index in [1.54, 1.807) is 0 Å². The molecule has 21 nitrogen and oxygen atoms in total. The van der Waals surface area contributed by atoms with Gasteiger partial charge in [0.05, 0.1) is 23.5 Å². The Balaban J connectivity index is 0.000000754. The van der Waals surface area contributed by atoms with Crippen LogP contribution < -0.4 is 118 Å². The summed E-state index contributed by atoms with van der Waals surface area (Å²) in [7, 11) is 0. The van der Waals surface area contributed by atoms with Crippen LogP contribution in [0.2, 0.25) is 0 Å². The summed E-state index contributed by atoms with van der Waals surface area (Å²) in [5.74, 6) is 0.965. The predicted octanol–water partition coefficient (Wildman–Crippen LogP) is 1.86. The molecule has 23 heteroatoms. The molecular weight excluding hydrogens is 1190 g/mol. The Hall–Kier alpha value is -2.78. The molecule has 0 aromatic heterocycles. The fraction of sp³-hybridized carbons (Fsp3) is 0.708. The fourth-order valence-corrected chi connectivity index (χ4v) is 12.8. The minimum absolute atomic E-state index is 0. The summed E-state index contributed by atoms with van der Waals surface area (Å²) >= 11 is 0. The number of aryl methyl sites for hydroxylation is 2. The van der Waals surface area contributed by atoms with E-state index in [-0.39, 0.29) is 153 Å². The summed E-state index contributed by atoms with van der Waals surface area (Å²) < 4.78 is 49.4. The second-order valence-electron chi connectivity index (χ2n) is 25.5. The van der Waals surface area contributed by atoms with Crippen LogP contribution in [0.3, 0.4) is 0 Å². The van der Waals surface area contributed by atoms with Crippen molar-refractivity contribution in [2.24, 2.45) is 34.5 Å². The molecule has 4 heterocycles. The number of hydrogen-bond donors (Lipinski definition) is 0. The van der Waals surface area contributed by atoms with Gasteiger partial charge in [0.2, 0.25) is 24.8 Å². The predicted molar refractivity (Wildman–Crippen MR) is 310 cm³/mol. The molecule has 0 N–H and O–H groups in total. The molecule has 4 saturated heterocycles. The van der Waals surface area contributed by atoms with Crippen molar-refractivity contribution < 1.29 is 195 Å². The molecule has 0 unspecified atom stereocenters. The Morgan fingerprint density at radius 1 is 0.648 bits per heavy atom. The van der Waals surface area contributed by atoms with Crippen LogP contribution in [0.1, 0.15) is 170 Å². The van der Waals surface area contributed by atoms with Crippen LogP contribution in [0, 0.1) is 48.3 Å². The monoisotopic (exact) mass is 1290 g/mol. The van der Waals surface area contributed by atoms with Crippen molar-refractivity contribution in [2.45, 2.75) is 230 Å². The van der Waals surface area contributed by atoms with Gasteiger partial charge in [0.1, 0.15) is 23.7 Å². The number of esters is 4. The van der Waals surface area contributed by atoms with Gasteiger partial charge in [-0.3, -0.25) is 33.8 Å². The maximum atomic E-state index is 13.1. The molecule has 4 fully saturated rings.